The van der Waals surface area contributed by atoms with Gasteiger partial charge in [0.15, 0.2) is 0 Å². The molecule has 0 aliphatic rings. The summed E-state index contributed by atoms with van der Waals surface area (Å²) in [6, 6.07) is 0. The molecule has 17 heavy (non-hydrogen) atoms. The van der Waals surface area contributed by atoms with E-state index in [0.717, 1.165) is 24.6 Å². The molecule has 0 bridgehead atoms. The van der Waals surface area contributed by atoms with Crippen LogP contribution in [0.4, 0.5) is 0 Å². The van der Waals surface area contributed by atoms with Crippen LogP contribution in [0.2, 0.25) is 0 Å². The summed E-state index contributed by atoms with van der Waals surface area (Å²) in [7, 11) is 0. The van der Waals surface area contributed by atoms with Crippen LogP contribution in [0.5, 0.6) is 0 Å². The predicted molar refractivity (Wildman–Crippen MR) is 71.3 cm³/mol. The van der Waals surface area contributed by atoms with Gasteiger partial charge in [0.2, 0.25) is 5.91 Å². The molecule has 1 atom stereocenters. The smallest absolute Gasteiger partial charge is 0.313 e. The summed E-state index contributed by atoms with van der Waals surface area (Å²) in [6.07, 6.45) is 4.60. The number of amides is 1. The van der Waals surface area contributed by atoms with Crippen LogP contribution in [0.15, 0.2) is 0 Å². The first kappa shape index (κ1) is 16.3. The molecule has 0 radical (unpaired) electrons. The fraction of sp³-hybridized carbons (Fsp3) is 0.833. The maximum atomic E-state index is 11.4. The lowest BCUT2D eigenvalue weighted by Gasteiger charge is -2.15. The van der Waals surface area contributed by atoms with Gasteiger partial charge in [-0.25, -0.2) is 0 Å². The van der Waals surface area contributed by atoms with Crippen LogP contribution in [0.25, 0.3) is 0 Å². The first-order valence-corrected chi connectivity index (χ1v) is 7.31. The Morgan fingerprint density at radius 2 is 2.00 bits per heavy atom. The maximum Gasteiger partial charge on any atom is 0.313 e. The lowest BCUT2D eigenvalue weighted by atomic mass is 9.99. The van der Waals surface area contributed by atoms with E-state index in [1.54, 1.807) is 0 Å². The number of thioether (sulfide) groups is 1. The number of carbonyl (C=O) groups is 2. The van der Waals surface area contributed by atoms with Crippen molar-refractivity contribution in [3.8, 4) is 0 Å². The molecule has 0 saturated carbocycles. The summed E-state index contributed by atoms with van der Waals surface area (Å²) in [6.45, 7) is 5.00. The van der Waals surface area contributed by atoms with E-state index in [4.69, 9.17) is 5.11 Å². The van der Waals surface area contributed by atoms with Crippen molar-refractivity contribution in [1.82, 2.24) is 5.32 Å². The summed E-state index contributed by atoms with van der Waals surface area (Å²) < 4.78 is 0. The van der Waals surface area contributed by atoms with Crippen molar-refractivity contribution in [1.29, 1.82) is 0 Å². The van der Waals surface area contributed by atoms with Crippen molar-refractivity contribution < 1.29 is 14.7 Å². The quantitative estimate of drug-likeness (QED) is 0.632. The third-order valence-corrected chi connectivity index (χ3v) is 3.51. The van der Waals surface area contributed by atoms with Gasteiger partial charge in [-0.15, -0.1) is 11.8 Å². The third-order valence-electron chi connectivity index (χ3n) is 2.59. The lowest BCUT2D eigenvalue weighted by Crippen LogP contribution is -2.30. The van der Waals surface area contributed by atoms with Crippen molar-refractivity contribution in [2.24, 2.45) is 5.92 Å². The first-order valence-electron chi connectivity index (χ1n) is 6.16. The van der Waals surface area contributed by atoms with Gasteiger partial charge in [-0.2, -0.15) is 0 Å². The number of aliphatic carboxylic acids is 1. The Morgan fingerprint density at radius 3 is 2.53 bits per heavy atom. The van der Waals surface area contributed by atoms with E-state index < -0.39 is 5.97 Å². The van der Waals surface area contributed by atoms with Crippen LogP contribution in [-0.2, 0) is 9.59 Å². The maximum absolute atomic E-state index is 11.4. The lowest BCUT2D eigenvalue weighted by molar-refractivity contribution is -0.133. The second kappa shape index (κ2) is 10.4. The number of unbranched alkanes of at least 4 members (excludes halogenated alkanes) is 1. The molecule has 2 N–H and O–H groups in total. The summed E-state index contributed by atoms with van der Waals surface area (Å²) in [5, 5.41) is 11.3. The fourth-order valence-corrected chi connectivity index (χ4v) is 2.05. The molecule has 0 aliphatic carbocycles. The molecule has 0 rings (SSSR count). The molecule has 0 fully saturated rings. The van der Waals surface area contributed by atoms with Gasteiger partial charge in [-0.05, 0) is 12.3 Å². The van der Waals surface area contributed by atoms with Crippen LogP contribution in [0.3, 0.4) is 0 Å². The van der Waals surface area contributed by atoms with E-state index in [-0.39, 0.29) is 17.4 Å². The molecule has 1 amide bonds. The molecule has 1 unspecified atom stereocenters. The minimum Gasteiger partial charge on any atom is -0.481 e. The minimum absolute atomic E-state index is 0.0134. The summed E-state index contributed by atoms with van der Waals surface area (Å²) in [4.78, 5) is 21.7. The number of hydrogen-bond acceptors (Lipinski definition) is 3. The molecule has 0 heterocycles. The van der Waals surface area contributed by atoms with Crippen LogP contribution >= 0.6 is 11.8 Å². The zero-order valence-electron chi connectivity index (χ0n) is 10.7. The minimum atomic E-state index is -0.878. The number of carboxylic acid groups (broad SMARTS) is 1. The number of carboxylic acids is 1. The topological polar surface area (TPSA) is 66.4 Å². The highest BCUT2D eigenvalue weighted by Gasteiger charge is 2.08. The summed E-state index contributed by atoms with van der Waals surface area (Å²) >= 11 is 1.14. The van der Waals surface area contributed by atoms with Gasteiger partial charge in [0.1, 0.15) is 0 Å². The molecule has 0 saturated heterocycles. The third kappa shape index (κ3) is 10.2. The number of hydrogen-bond donors (Lipinski definition) is 2. The molecule has 0 aromatic rings. The average Bonchev–Trinajstić information content (AvgIpc) is 2.29. The van der Waals surface area contributed by atoms with Crippen molar-refractivity contribution in [3.05, 3.63) is 0 Å². The van der Waals surface area contributed by atoms with E-state index in [0.29, 0.717) is 12.5 Å². The van der Waals surface area contributed by atoms with Gasteiger partial charge in [0, 0.05) is 6.54 Å². The highest BCUT2D eigenvalue weighted by atomic mass is 32.2. The van der Waals surface area contributed by atoms with Crippen LogP contribution in [-0.4, -0.2) is 35.0 Å². The largest absolute Gasteiger partial charge is 0.481 e. The molecule has 0 spiro atoms. The Hall–Kier alpha value is -0.710. The Morgan fingerprint density at radius 1 is 1.29 bits per heavy atom. The van der Waals surface area contributed by atoms with Crippen molar-refractivity contribution >= 4 is 23.6 Å². The molecule has 0 aromatic carbocycles. The van der Waals surface area contributed by atoms with Gasteiger partial charge < -0.3 is 10.4 Å². The molecule has 0 aromatic heterocycles. The Balaban J connectivity index is 3.62. The monoisotopic (exact) mass is 261 g/mol. The number of rotatable bonds is 10. The van der Waals surface area contributed by atoms with Crippen molar-refractivity contribution in [2.45, 2.75) is 39.5 Å². The zero-order chi connectivity index (χ0) is 13.1. The SMILES string of the molecule is CCCCC(CC)CNC(=O)CSCC(=O)O. The highest BCUT2D eigenvalue weighted by Crippen LogP contribution is 2.11. The number of carbonyl (C=O) groups excluding carboxylic acids is 1. The van der Waals surface area contributed by atoms with Crippen LogP contribution in [0, 0.1) is 5.92 Å². The van der Waals surface area contributed by atoms with E-state index >= 15 is 0 Å². The Bertz CT molecular complexity index is 234. The second-order valence-corrected chi connectivity index (χ2v) is 5.09. The van der Waals surface area contributed by atoms with Gasteiger partial charge in [-0.3, -0.25) is 9.59 Å². The van der Waals surface area contributed by atoms with Crippen LogP contribution in [0.1, 0.15) is 39.5 Å². The van der Waals surface area contributed by atoms with E-state index in [9.17, 15) is 9.59 Å². The molecule has 4 nitrogen and oxygen atoms in total. The molecule has 0 aliphatic heterocycles. The second-order valence-electron chi connectivity index (χ2n) is 4.11. The molecule has 5 heteroatoms. The average molecular weight is 261 g/mol. The van der Waals surface area contributed by atoms with Gasteiger partial charge in [0.05, 0.1) is 11.5 Å². The summed E-state index contributed by atoms with van der Waals surface area (Å²) in [5.74, 6) is -0.177. The predicted octanol–water partition coefficient (Wildman–Crippen LogP) is 2.14. The van der Waals surface area contributed by atoms with Crippen molar-refractivity contribution in [2.75, 3.05) is 18.1 Å². The normalized spacial score (nSPS) is 12.1. The van der Waals surface area contributed by atoms with Crippen LogP contribution < -0.4 is 5.32 Å². The van der Waals surface area contributed by atoms with Gasteiger partial charge in [-0.1, -0.05) is 33.1 Å². The van der Waals surface area contributed by atoms with Gasteiger partial charge in [0.25, 0.3) is 0 Å². The van der Waals surface area contributed by atoms with Gasteiger partial charge >= 0.3 is 5.97 Å². The first-order chi connectivity index (χ1) is 8.10. The molecular formula is C12H23NO3S. The van der Waals surface area contributed by atoms with E-state index in [1.165, 1.54) is 12.8 Å². The van der Waals surface area contributed by atoms with E-state index in [1.807, 2.05) is 0 Å². The molecule has 100 valence electrons. The van der Waals surface area contributed by atoms with E-state index in [2.05, 4.69) is 19.2 Å². The van der Waals surface area contributed by atoms with Crippen molar-refractivity contribution in [3.63, 3.8) is 0 Å². The Kier molecular flexibility index (Phi) is 10.0. The summed E-state index contributed by atoms with van der Waals surface area (Å²) in [5.41, 5.74) is 0. The zero-order valence-corrected chi connectivity index (χ0v) is 11.5. The number of nitrogens with one attached hydrogen (secondary N) is 1. The highest BCUT2D eigenvalue weighted by molar-refractivity contribution is 8.00. The standard InChI is InChI=1S/C12H23NO3S/c1-3-5-6-10(4-2)7-13-11(14)8-17-9-12(15)16/h10H,3-9H2,1-2H3,(H,13,14)(H,15,16). The molecular weight excluding hydrogens is 238 g/mol. The fourth-order valence-electron chi connectivity index (χ4n) is 1.48. The Labute approximate surface area is 108 Å².